The third-order valence-corrected chi connectivity index (χ3v) is 4.20. The lowest BCUT2D eigenvalue weighted by molar-refractivity contribution is 0.271. The average Bonchev–Trinajstić information content (AvgIpc) is 2.19. The van der Waals surface area contributed by atoms with Gasteiger partial charge in [0.1, 0.15) is 0 Å². The maximum absolute atomic E-state index is 11.7. The van der Waals surface area contributed by atoms with Gasteiger partial charge in [0.2, 0.25) is 10.0 Å². The van der Waals surface area contributed by atoms with Crippen LogP contribution in [0.5, 0.6) is 0 Å². The Labute approximate surface area is 92.3 Å². The van der Waals surface area contributed by atoms with Gasteiger partial charge < -0.3 is 10.8 Å². The Morgan fingerprint density at radius 1 is 1.27 bits per heavy atom. The Morgan fingerprint density at radius 3 is 2.40 bits per heavy atom. The average molecular weight is 238 g/mol. The van der Waals surface area contributed by atoms with Gasteiger partial charge in [-0.25, -0.2) is 12.7 Å². The SMILES string of the molecule is CCN(CCCO)S(=O)(=O)CCCCN. The molecule has 0 saturated carbocycles. The molecule has 0 atom stereocenters. The molecule has 0 aliphatic carbocycles. The van der Waals surface area contributed by atoms with E-state index in [4.69, 9.17) is 10.8 Å². The van der Waals surface area contributed by atoms with E-state index in [0.717, 1.165) is 6.42 Å². The van der Waals surface area contributed by atoms with Crippen LogP contribution in [0.1, 0.15) is 26.2 Å². The molecule has 15 heavy (non-hydrogen) atoms. The van der Waals surface area contributed by atoms with Gasteiger partial charge in [0.15, 0.2) is 0 Å². The van der Waals surface area contributed by atoms with E-state index in [9.17, 15) is 8.42 Å². The van der Waals surface area contributed by atoms with Crippen molar-refractivity contribution in [3.63, 3.8) is 0 Å². The van der Waals surface area contributed by atoms with Gasteiger partial charge in [-0.05, 0) is 25.8 Å². The fraction of sp³-hybridized carbons (Fsp3) is 1.00. The number of nitrogens with two attached hydrogens (primary N) is 1. The van der Waals surface area contributed by atoms with E-state index in [1.165, 1.54) is 4.31 Å². The largest absolute Gasteiger partial charge is 0.396 e. The van der Waals surface area contributed by atoms with Gasteiger partial charge in [0.05, 0.1) is 5.75 Å². The van der Waals surface area contributed by atoms with Crippen LogP contribution in [0.2, 0.25) is 0 Å². The van der Waals surface area contributed by atoms with E-state index in [1.807, 2.05) is 0 Å². The highest BCUT2D eigenvalue weighted by atomic mass is 32.2. The zero-order valence-corrected chi connectivity index (χ0v) is 10.2. The smallest absolute Gasteiger partial charge is 0.214 e. The van der Waals surface area contributed by atoms with Crippen LogP contribution in [0.3, 0.4) is 0 Å². The summed E-state index contributed by atoms with van der Waals surface area (Å²) in [6.45, 7) is 3.22. The second-order valence-electron chi connectivity index (χ2n) is 3.38. The Hall–Kier alpha value is -0.170. The van der Waals surface area contributed by atoms with E-state index in [1.54, 1.807) is 6.92 Å². The predicted octanol–water partition coefficient (Wildman–Crippen LogP) is -0.241. The van der Waals surface area contributed by atoms with E-state index in [-0.39, 0.29) is 12.4 Å². The molecule has 0 unspecified atom stereocenters. The Kier molecular flexibility index (Phi) is 7.95. The molecule has 6 heteroatoms. The van der Waals surface area contributed by atoms with E-state index < -0.39 is 10.0 Å². The quantitative estimate of drug-likeness (QED) is 0.543. The Balaban J connectivity index is 4.13. The lowest BCUT2D eigenvalue weighted by Gasteiger charge is -2.19. The normalized spacial score (nSPS) is 12.3. The molecule has 0 radical (unpaired) electrons. The molecule has 3 N–H and O–H groups in total. The predicted molar refractivity (Wildman–Crippen MR) is 61.0 cm³/mol. The van der Waals surface area contributed by atoms with Crippen LogP contribution >= 0.6 is 0 Å². The van der Waals surface area contributed by atoms with Crippen LogP contribution in [-0.2, 0) is 10.0 Å². The summed E-state index contributed by atoms with van der Waals surface area (Å²) in [5, 5.41) is 8.65. The molecule has 0 amide bonds. The molecule has 0 spiro atoms. The highest BCUT2D eigenvalue weighted by molar-refractivity contribution is 7.89. The van der Waals surface area contributed by atoms with Crippen molar-refractivity contribution in [2.24, 2.45) is 5.73 Å². The van der Waals surface area contributed by atoms with Gasteiger partial charge in [-0.2, -0.15) is 0 Å². The summed E-state index contributed by atoms with van der Waals surface area (Å²) in [7, 11) is -3.15. The minimum absolute atomic E-state index is 0.0226. The van der Waals surface area contributed by atoms with Crippen molar-refractivity contribution in [1.82, 2.24) is 4.31 Å². The van der Waals surface area contributed by atoms with Gasteiger partial charge in [-0.15, -0.1) is 0 Å². The lowest BCUT2D eigenvalue weighted by Crippen LogP contribution is -2.34. The number of rotatable bonds is 9. The first-order valence-electron chi connectivity index (χ1n) is 5.37. The molecular formula is C9H22N2O3S. The first-order valence-corrected chi connectivity index (χ1v) is 6.98. The highest BCUT2D eigenvalue weighted by Crippen LogP contribution is 2.05. The summed E-state index contributed by atoms with van der Waals surface area (Å²) in [6, 6.07) is 0. The maximum Gasteiger partial charge on any atom is 0.214 e. The van der Waals surface area contributed by atoms with Crippen molar-refractivity contribution in [2.45, 2.75) is 26.2 Å². The summed E-state index contributed by atoms with van der Waals surface area (Å²) in [4.78, 5) is 0. The fourth-order valence-corrected chi connectivity index (χ4v) is 2.93. The van der Waals surface area contributed by atoms with Crippen LogP contribution in [-0.4, -0.2) is 49.8 Å². The first kappa shape index (κ1) is 14.8. The van der Waals surface area contributed by atoms with Gasteiger partial charge in [-0.3, -0.25) is 0 Å². The molecular weight excluding hydrogens is 216 g/mol. The number of hydrogen-bond acceptors (Lipinski definition) is 4. The number of aliphatic hydroxyl groups excluding tert-OH is 1. The summed E-state index contributed by atoms with van der Waals surface area (Å²) in [5.74, 6) is 0.156. The molecule has 0 aliphatic rings. The molecule has 0 fully saturated rings. The van der Waals surface area contributed by atoms with Gasteiger partial charge in [0, 0.05) is 19.7 Å². The molecule has 0 saturated heterocycles. The molecule has 92 valence electrons. The standard InChI is InChI=1S/C9H22N2O3S/c1-2-11(7-5-8-12)15(13,14)9-4-3-6-10/h12H,2-10H2,1H3. The summed E-state index contributed by atoms with van der Waals surface area (Å²) < 4.78 is 24.9. The number of sulfonamides is 1. The molecule has 5 nitrogen and oxygen atoms in total. The zero-order chi connectivity index (χ0) is 11.7. The van der Waals surface area contributed by atoms with E-state index in [2.05, 4.69) is 0 Å². The van der Waals surface area contributed by atoms with Crippen molar-refractivity contribution in [3.8, 4) is 0 Å². The number of aliphatic hydroxyl groups is 1. The fourth-order valence-electron chi connectivity index (χ4n) is 1.30. The number of hydrogen-bond donors (Lipinski definition) is 2. The van der Waals surface area contributed by atoms with Crippen molar-refractivity contribution >= 4 is 10.0 Å². The highest BCUT2D eigenvalue weighted by Gasteiger charge is 2.18. The molecule has 0 aromatic heterocycles. The van der Waals surface area contributed by atoms with Gasteiger partial charge in [-0.1, -0.05) is 6.92 Å². The topological polar surface area (TPSA) is 83.6 Å². The Morgan fingerprint density at radius 2 is 1.93 bits per heavy atom. The Bertz CT molecular complexity index is 242. The van der Waals surface area contributed by atoms with Crippen LogP contribution in [0.15, 0.2) is 0 Å². The van der Waals surface area contributed by atoms with Crippen LogP contribution < -0.4 is 5.73 Å². The molecule has 0 bridgehead atoms. The van der Waals surface area contributed by atoms with Crippen molar-refractivity contribution in [2.75, 3.05) is 32.0 Å². The van der Waals surface area contributed by atoms with Crippen molar-refractivity contribution in [3.05, 3.63) is 0 Å². The third kappa shape index (κ3) is 6.09. The zero-order valence-electron chi connectivity index (χ0n) is 9.35. The lowest BCUT2D eigenvalue weighted by atomic mass is 10.3. The van der Waals surface area contributed by atoms with Crippen LogP contribution in [0, 0.1) is 0 Å². The number of nitrogens with zero attached hydrogens (tertiary/aromatic N) is 1. The first-order chi connectivity index (χ1) is 7.08. The monoisotopic (exact) mass is 238 g/mol. The minimum atomic E-state index is -3.15. The third-order valence-electron chi connectivity index (χ3n) is 2.17. The summed E-state index contributed by atoms with van der Waals surface area (Å²) in [6.07, 6.45) is 1.83. The summed E-state index contributed by atoms with van der Waals surface area (Å²) in [5.41, 5.74) is 5.31. The molecule has 0 heterocycles. The van der Waals surface area contributed by atoms with Crippen LogP contribution in [0.25, 0.3) is 0 Å². The van der Waals surface area contributed by atoms with Crippen molar-refractivity contribution < 1.29 is 13.5 Å². The summed E-state index contributed by atoms with van der Waals surface area (Å²) >= 11 is 0. The van der Waals surface area contributed by atoms with Gasteiger partial charge in [0.25, 0.3) is 0 Å². The molecule has 0 aromatic carbocycles. The maximum atomic E-state index is 11.7. The van der Waals surface area contributed by atoms with Crippen molar-refractivity contribution in [1.29, 1.82) is 0 Å². The van der Waals surface area contributed by atoms with E-state index in [0.29, 0.717) is 32.5 Å². The molecule has 0 aliphatic heterocycles. The van der Waals surface area contributed by atoms with Gasteiger partial charge >= 0.3 is 0 Å². The number of unbranched alkanes of at least 4 members (excludes halogenated alkanes) is 1. The minimum Gasteiger partial charge on any atom is -0.396 e. The van der Waals surface area contributed by atoms with E-state index >= 15 is 0 Å². The molecule has 0 rings (SSSR count). The van der Waals surface area contributed by atoms with Crippen LogP contribution in [0.4, 0.5) is 0 Å². The molecule has 0 aromatic rings. The second kappa shape index (κ2) is 8.04. The second-order valence-corrected chi connectivity index (χ2v) is 5.47.